The highest BCUT2D eigenvalue weighted by Crippen LogP contribution is 2.22. The Morgan fingerprint density at radius 1 is 1.23 bits per heavy atom. The predicted octanol–water partition coefficient (Wildman–Crippen LogP) is 3.81. The summed E-state index contributed by atoms with van der Waals surface area (Å²) in [5.41, 5.74) is 7.15. The van der Waals surface area contributed by atoms with E-state index in [1.807, 2.05) is 36.2 Å². The fourth-order valence-electron chi connectivity index (χ4n) is 2.96. The summed E-state index contributed by atoms with van der Waals surface area (Å²) in [6.45, 7) is 0. The zero-order chi connectivity index (χ0) is 15.2. The summed E-state index contributed by atoms with van der Waals surface area (Å²) in [5, 5.41) is 0.755. The van der Waals surface area contributed by atoms with Crippen LogP contribution in [0.2, 0.25) is 5.02 Å². The molecule has 1 aromatic carbocycles. The summed E-state index contributed by atoms with van der Waals surface area (Å²) in [6, 6.07) is 8.56. The first-order valence-electron chi connectivity index (χ1n) is 7.82. The fourth-order valence-corrected chi connectivity index (χ4v) is 3.09. The van der Waals surface area contributed by atoms with E-state index in [0.29, 0.717) is 18.5 Å². The van der Waals surface area contributed by atoms with Crippen molar-refractivity contribution in [1.29, 1.82) is 0 Å². The van der Waals surface area contributed by atoms with Gasteiger partial charge in [0.05, 0.1) is 0 Å². The molecule has 0 bridgehead atoms. The first-order valence-corrected chi connectivity index (χ1v) is 8.19. The Morgan fingerprint density at radius 3 is 2.41 bits per heavy atom. The third-order valence-electron chi connectivity index (χ3n) is 4.45. The lowest BCUT2D eigenvalue weighted by Crippen LogP contribution is -2.41. The van der Waals surface area contributed by atoms with Crippen LogP contribution in [0.25, 0.3) is 0 Å². The number of benzene rings is 1. The molecule has 0 heterocycles. The molecule has 1 aliphatic rings. The van der Waals surface area contributed by atoms with Crippen LogP contribution in [0.1, 0.15) is 44.1 Å². The predicted molar refractivity (Wildman–Crippen MR) is 94.6 cm³/mol. The van der Waals surface area contributed by atoms with Gasteiger partial charge in [0.2, 0.25) is 5.91 Å². The SMILES string of the molecule is CN(C(=O)CCCc1ccc(Cl)cc1)C1CCC(N)CC1.Cl. The fraction of sp³-hybridized carbons (Fsp3) is 0.588. The molecule has 0 spiro atoms. The van der Waals surface area contributed by atoms with Gasteiger partial charge in [0.25, 0.3) is 0 Å². The largest absolute Gasteiger partial charge is 0.343 e. The number of nitrogens with two attached hydrogens (primary N) is 1. The lowest BCUT2D eigenvalue weighted by molar-refractivity contribution is -0.132. The average Bonchev–Trinajstić information content (AvgIpc) is 2.49. The minimum absolute atomic E-state index is 0. The Morgan fingerprint density at radius 2 is 1.82 bits per heavy atom. The van der Waals surface area contributed by atoms with Crippen molar-refractivity contribution in [3.8, 4) is 0 Å². The van der Waals surface area contributed by atoms with Crippen molar-refractivity contribution < 1.29 is 4.79 Å². The van der Waals surface area contributed by atoms with Crippen LogP contribution < -0.4 is 5.73 Å². The molecule has 0 aliphatic heterocycles. The number of nitrogens with zero attached hydrogens (tertiary/aromatic N) is 1. The maximum Gasteiger partial charge on any atom is 0.222 e. The van der Waals surface area contributed by atoms with Crippen molar-refractivity contribution in [3.63, 3.8) is 0 Å². The Labute approximate surface area is 144 Å². The molecule has 0 unspecified atom stereocenters. The van der Waals surface area contributed by atoms with Crippen LogP contribution in [0, 0.1) is 0 Å². The van der Waals surface area contributed by atoms with Crippen molar-refractivity contribution >= 4 is 29.9 Å². The molecule has 1 saturated carbocycles. The average molecular weight is 345 g/mol. The molecule has 5 heteroatoms. The van der Waals surface area contributed by atoms with Crippen LogP contribution in [-0.4, -0.2) is 29.9 Å². The zero-order valence-electron chi connectivity index (χ0n) is 13.1. The van der Waals surface area contributed by atoms with Gasteiger partial charge in [-0.3, -0.25) is 4.79 Å². The molecule has 0 radical (unpaired) electrons. The lowest BCUT2D eigenvalue weighted by atomic mass is 9.91. The third kappa shape index (κ3) is 5.79. The maximum absolute atomic E-state index is 12.2. The van der Waals surface area contributed by atoms with Crippen LogP contribution in [0.4, 0.5) is 0 Å². The Kier molecular flexibility index (Phi) is 8.23. The number of amides is 1. The van der Waals surface area contributed by atoms with Gasteiger partial charge in [0.15, 0.2) is 0 Å². The van der Waals surface area contributed by atoms with Crippen LogP contribution >= 0.6 is 24.0 Å². The van der Waals surface area contributed by atoms with Gasteiger partial charge in [-0.2, -0.15) is 0 Å². The zero-order valence-corrected chi connectivity index (χ0v) is 14.7. The van der Waals surface area contributed by atoms with E-state index in [2.05, 4.69) is 0 Å². The highest BCUT2D eigenvalue weighted by atomic mass is 35.5. The Hall–Kier alpha value is -0.770. The minimum atomic E-state index is 0. The summed E-state index contributed by atoms with van der Waals surface area (Å²) in [4.78, 5) is 14.2. The first-order chi connectivity index (χ1) is 10.1. The van der Waals surface area contributed by atoms with Gasteiger partial charge in [-0.25, -0.2) is 0 Å². The topological polar surface area (TPSA) is 46.3 Å². The molecule has 2 N–H and O–H groups in total. The minimum Gasteiger partial charge on any atom is -0.343 e. The van der Waals surface area contributed by atoms with Crippen molar-refractivity contribution in [2.24, 2.45) is 5.73 Å². The summed E-state index contributed by atoms with van der Waals surface area (Å²) >= 11 is 5.86. The number of rotatable bonds is 5. The van der Waals surface area contributed by atoms with Crippen LogP contribution in [-0.2, 0) is 11.2 Å². The van der Waals surface area contributed by atoms with Crippen molar-refractivity contribution in [3.05, 3.63) is 34.9 Å². The van der Waals surface area contributed by atoms with Crippen LogP contribution in [0.3, 0.4) is 0 Å². The summed E-state index contributed by atoms with van der Waals surface area (Å²) in [6.07, 6.45) is 6.58. The molecular weight excluding hydrogens is 319 g/mol. The van der Waals surface area contributed by atoms with Gasteiger partial charge in [-0.15, -0.1) is 12.4 Å². The second-order valence-corrected chi connectivity index (χ2v) is 6.49. The van der Waals surface area contributed by atoms with E-state index in [-0.39, 0.29) is 18.3 Å². The molecule has 0 aromatic heterocycles. The summed E-state index contributed by atoms with van der Waals surface area (Å²) in [5.74, 6) is 0.254. The van der Waals surface area contributed by atoms with Gasteiger partial charge < -0.3 is 10.6 Å². The molecule has 124 valence electrons. The molecule has 0 saturated heterocycles. The van der Waals surface area contributed by atoms with Crippen LogP contribution in [0.5, 0.6) is 0 Å². The van der Waals surface area contributed by atoms with Crippen molar-refractivity contribution in [1.82, 2.24) is 4.90 Å². The molecule has 1 fully saturated rings. The maximum atomic E-state index is 12.2. The van der Waals surface area contributed by atoms with E-state index in [9.17, 15) is 4.79 Å². The Bertz CT molecular complexity index is 456. The second kappa shape index (κ2) is 9.39. The summed E-state index contributed by atoms with van der Waals surface area (Å²) in [7, 11) is 1.94. The molecule has 22 heavy (non-hydrogen) atoms. The van der Waals surface area contributed by atoms with Crippen molar-refractivity contribution in [2.45, 2.75) is 57.0 Å². The molecule has 1 aliphatic carbocycles. The molecule has 1 aromatic rings. The van der Waals surface area contributed by atoms with Gasteiger partial charge in [0, 0.05) is 30.6 Å². The van der Waals surface area contributed by atoms with E-state index >= 15 is 0 Å². The van der Waals surface area contributed by atoms with E-state index < -0.39 is 0 Å². The lowest BCUT2D eigenvalue weighted by Gasteiger charge is -2.33. The number of hydrogen-bond acceptors (Lipinski definition) is 2. The number of halogens is 2. The molecule has 0 atom stereocenters. The van der Waals surface area contributed by atoms with E-state index in [1.54, 1.807) is 0 Å². The second-order valence-electron chi connectivity index (χ2n) is 6.05. The Balaban J connectivity index is 0.00000242. The normalized spacial score (nSPS) is 21.0. The molecule has 2 rings (SSSR count). The standard InChI is InChI=1S/C17H25ClN2O.ClH/c1-20(16-11-9-15(19)10-12-16)17(21)4-2-3-13-5-7-14(18)8-6-13;/h5-8,15-16H,2-4,9-12,19H2,1H3;1H. The number of aryl methyl sites for hydroxylation is 1. The monoisotopic (exact) mass is 344 g/mol. The van der Waals surface area contributed by atoms with Gasteiger partial charge in [-0.05, 0) is 56.2 Å². The van der Waals surface area contributed by atoms with E-state index in [4.69, 9.17) is 17.3 Å². The number of carbonyl (C=O) groups is 1. The smallest absolute Gasteiger partial charge is 0.222 e. The van der Waals surface area contributed by atoms with E-state index in [0.717, 1.165) is 43.5 Å². The summed E-state index contributed by atoms with van der Waals surface area (Å²) < 4.78 is 0. The van der Waals surface area contributed by atoms with Gasteiger partial charge >= 0.3 is 0 Å². The molecule has 3 nitrogen and oxygen atoms in total. The number of carbonyl (C=O) groups excluding carboxylic acids is 1. The van der Waals surface area contributed by atoms with Gasteiger partial charge in [0.1, 0.15) is 0 Å². The highest BCUT2D eigenvalue weighted by Gasteiger charge is 2.24. The third-order valence-corrected chi connectivity index (χ3v) is 4.70. The first kappa shape index (κ1) is 19.3. The molecule has 1 amide bonds. The highest BCUT2D eigenvalue weighted by molar-refractivity contribution is 6.30. The number of hydrogen-bond donors (Lipinski definition) is 1. The van der Waals surface area contributed by atoms with Gasteiger partial charge in [-0.1, -0.05) is 23.7 Å². The van der Waals surface area contributed by atoms with Crippen LogP contribution in [0.15, 0.2) is 24.3 Å². The van der Waals surface area contributed by atoms with E-state index in [1.165, 1.54) is 5.56 Å². The quantitative estimate of drug-likeness (QED) is 0.882. The van der Waals surface area contributed by atoms with Crippen molar-refractivity contribution in [2.75, 3.05) is 7.05 Å². The molecular formula is C17H26Cl2N2O.